The Kier molecular flexibility index (Phi) is 4.29. The number of aromatic amines is 1. The Bertz CT molecular complexity index is 655. The van der Waals surface area contributed by atoms with Gasteiger partial charge in [-0.25, -0.2) is 15.0 Å². The molecule has 0 spiro atoms. The van der Waals surface area contributed by atoms with Gasteiger partial charge < -0.3 is 0 Å². The van der Waals surface area contributed by atoms with Crippen LogP contribution in [-0.4, -0.2) is 43.1 Å². The molecule has 0 aliphatic carbocycles. The summed E-state index contributed by atoms with van der Waals surface area (Å²) >= 11 is 0. The van der Waals surface area contributed by atoms with Gasteiger partial charge in [0.2, 0.25) is 5.82 Å². The zero-order chi connectivity index (χ0) is 16.4. The first-order chi connectivity index (χ1) is 10.9. The monoisotopic (exact) mass is 326 g/mol. The van der Waals surface area contributed by atoms with E-state index in [1.165, 1.54) is 12.5 Å². The summed E-state index contributed by atoms with van der Waals surface area (Å²) in [6.07, 6.45) is 0.289. The molecule has 9 heteroatoms. The van der Waals surface area contributed by atoms with E-state index in [0.717, 1.165) is 37.3 Å². The molecular weight excluding hydrogens is 309 g/mol. The summed E-state index contributed by atoms with van der Waals surface area (Å²) in [7, 11) is 0. The van der Waals surface area contributed by atoms with Gasteiger partial charge in [-0.05, 0) is 26.3 Å². The molecule has 1 aliphatic heterocycles. The highest BCUT2D eigenvalue weighted by molar-refractivity contribution is 5.17. The summed E-state index contributed by atoms with van der Waals surface area (Å²) in [6, 6.07) is 0. The number of hydrogen-bond donors (Lipinski definition) is 1. The third kappa shape index (κ3) is 3.66. The fraction of sp³-hybridized carbons (Fsp3) is 0.571. The van der Waals surface area contributed by atoms with Crippen LogP contribution in [0.3, 0.4) is 0 Å². The number of nitrogens with one attached hydrogen (secondary N) is 1. The van der Waals surface area contributed by atoms with Crippen LogP contribution >= 0.6 is 0 Å². The molecule has 1 unspecified atom stereocenters. The van der Waals surface area contributed by atoms with Crippen molar-refractivity contribution in [2.75, 3.05) is 13.1 Å². The van der Waals surface area contributed by atoms with Crippen LogP contribution in [0, 0.1) is 6.92 Å². The Balaban J connectivity index is 1.69. The summed E-state index contributed by atoms with van der Waals surface area (Å²) in [5.41, 5.74) is 1.09. The van der Waals surface area contributed by atoms with Crippen molar-refractivity contribution in [3.8, 4) is 0 Å². The second-order valence-corrected chi connectivity index (χ2v) is 5.75. The number of aryl methyl sites for hydroxylation is 1. The van der Waals surface area contributed by atoms with E-state index in [0.29, 0.717) is 12.2 Å². The zero-order valence-corrected chi connectivity index (χ0v) is 12.6. The molecule has 124 valence electrons. The maximum Gasteiger partial charge on any atom is 0.451 e. The maximum atomic E-state index is 12.6. The van der Waals surface area contributed by atoms with Crippen LogP contribution in [0.1, 0.15) is 41.7 Å². The lowest BCUT2D eigenvalue weighted by atomic mass is 9.97. The van der Waals surface area contributed by atoms with Gasteiger partial charge in [0, 0.05) is 36.5 Å². The van der Waals surface area contributed by atoms with Crippen molar-refractivity contribution in [2.45, 2.75) is 38.4 Å². The first-order valence-electron chi connectivity index (χ1n) is 7.41. The molecule has 23 heavy (non-hydrogen) atoms. The van der Waals surface area contributed by atoms with Crippen LogP contribution in [0.25, 0.3) is 0 Å². The number of halogens is 3. The first-order valence-corrected chi connectivity index (χ1v) is 7.41. The molecule has 1 N–H and O–H groups in total. The normalized spacial score (nSPS) is 19.9. The molecule has 0 aromatic carbocycles. The second-order valence-electron chi connectivity index (χ2n) is 5.75. The summed E-state index contributed by atoms with van der Waals surface area (Å²) < 4.78 is 37.8. The Hall–Kier alpha value is -2.03. The molecule has 2 aromatic heterocycles. The fourth-order valence-corrected chi connectivity index (χ4v) is 2.86. The average Bonchev–Trinajstić information content (AvgIpc) is 3.03. The number of aromatic nitrogens is 5. The van der Waals surface area contributed by atoms with Gasteiger partial charge >= 0.3 is 6.18 Å². The topological polar surface area (TPSA) is 70.6 Å². The quantitative estimate of drug-likeness (QED) is 0.937. The van der Waals surface area contributed by atoms with E-state index in [9.17, 15) is 13.2 Å². The molecule has 1 aliphatic rings. The molecule has 0 saturated carbocycles. The van der Waals surface area contributed by atoms with Crippen LogP contribution in [0.5, 0.6) is 0 Å². The lowest BCUT2D eigenvalue weighted by Crippen LogP contribution is -2.34. The summed E-state index contributed by atoms with van der Waals surface area (Å²) in [5, 5.41) is 6.76. The van der Waals surface area contributed by atoms with E-state index in [4.69, 9.17) is 0 Å². The van der Waals surface area contributed by atoms with Gasteiger partial charge in [0.25, 0.3) is 0 Å². The fourth-order valence-electron chi connectivity index (χ4n) is 2.86. The van der Waals surface area contributed by atoms with Gasteiger partial charge in [-0.1, -0.05) is 0 Å². The maximum absolute atomic E-state index is 12.6. The Morgan fingerprint density at radius 1 is 1.35 bits per heavy atom. The Morgan fingerprint density at radius 3 is 2.83 bits per heavy atom. The predicted molar refractivity (Wildman–Crippen MR) is 75.4 cm³/mol. The number of piperidine rings is 1. The van der Waals surface area contributed by atoms with E-state index < -0.39 is 12.0 Å². The highest BCUT2D eigenvalue weighted by Crippen LogP contribution is 2.28. The molecule has 1 saturated heterocycles. The predicted octanol–water partition coefficient (Wildman–Crippen LogP) is 2.30. The minimum absolute atomic E-state index is 0.266. The smallest absolute Gasteiger partial charge is 0.298 e. The van der Waals surface area contributed by atoms with Crippen molar-refractivity contribution in [1.82, 2.24) is 30.0 Å². The minimum atomic E-state index is -4.51. The highest BCUT2D eigenvalue weighted by Gasteiger charge is 2.35. The number of hydrogen-bond acceptors (Lipinski definition) is 5. The Labute approximate surface area is 131 Å². The van der Waals surface area contributed by atoms with Crippen molar-refractivity contribution >= 4 is 0 Å². The molecule has 3 rings (SSSR count). The molecular formula is C14H17F3N6. The number of rotatable bonds is 3. The molecule has 1 atom stereocenters. The summed E-state index contributed by atoms with van der Waals surface area (Å²) in [5.74, 6) is 0.0361. The standard InChI is InChI=1S/C14H17F3N6/c1-9-11(5-18-13(21-9)14(15,16)17)7-23-4-2-3-10(6-23)12-19-8-20-22-12/h5,8,10H,2-4,6-7H2,1H3,(H,19,20,22). The van der Waals surface area contributed by atoms with Crippen molar-refractivity contribution < 1.29 is 13.2 Å². The molecule has 0 bridgehead atoms. The number of likely N-dealkylation sites (tertiary alicyclic amines) is 1. The van der Waals surface area contributed by atoms with Gasteiger partial charge in [-0.2, -0.15) is 18.3 Å². The summed E-state index contributed by atoms with van der Waals surface area (Å²) in [4.78, 5) is 13.4. The number of alkyl halides is 3. The average molecular weight is 326 g/mol. The van der Waals surface area contributed by atoms with Crippen LogP contribution in [-0.2, 0) is 12.7 Å². The Morgan fingerprint density at radius 2 is 2.17 bits per heavy atom. The molecule has 1 fully saturated rings. The van der Waals surface area contributed by atoms with Gasteiger partial charge in [-0.15, -0.1) is 0 Å². The second kappa shape index (κ2) is 6.23. The number of H-pyrrole nitrogens is 1. The van der Waals surface area contributed by atoms with E-state index in [-0.39, 0.29) is 5.92 Å². The van der Waals surface area contributed by atoms with Crippen molar-refractivity contribution in [3.05, 3.63) is 35.4 Å². The highest BCUT2D eigenvalue weighted by atomic mass is 19.4. The van der Waals surface area contributed by atoms with E-state index in [2.05, 4.69) is 30.0 Å². The van der Waals surface area contributed by atoms with Gasteiger partial charge in [0.1, 0.15) is 12.2 Å². The molecule has 0 amide bonds. The number of nitrogens with zero attached hydrogens (tertiary/aromatic N) is 5. The summed E-state index contributed by atoms with van der Waals surface area (Å²) in [6.45, 7) is 3.81. The first kappa shape index (κ1) is 15.9. The van der Waals surface area contributed by atoms with Crippen molar-refractivity contribution in [2.24, 2.45) is 0 Å². The lowest BCUT2D eigenvalue weighted by molar-refractivity contribution is -0.145. The SMILES string of the molecule is Cc1nc(C(F)(F)F)ncc1CN1CCCC(c2ncn[nH]2)C1. The largest absolute Gasteiger partial charge is 0.451 e. The van der Waals surface area contributed by atoms with Gasteiger partial charge in [-0.3, -0.25) is 10.00 Å². The van der Waals surface area contributed by atoms with E-state index >= 15 is 0 Å². The zero-order valence-electron chi connectivity index (χ0n) is 12.6. The van der Waals surface area contributed by atoms with Crippen LogP contribution in [0.2, 0.25) is 0 Å². The van der Waals surface area contributed by atoms with Crippen molar-refractivity contribution in [1.29, 1.82) is 0 Å². The van der Waals surface area contributed by atoms with Crippen LogP contribution in [0.4, 0.5) is 13.2 Å². The molecule has 0 radical (unpaired) electrons. The molecule has 2 aromatic rings. The molecule has 3 heterocycles. The van der Waals surface area contributed by atoms with Crippen molar-refractivity contribution in [3.63, 3.8) is 0 Å². The lowest BCUT2D eigenvalue weighted by Gasteiger charge is -2.31. The van der Waals surface area contributed by atoms with Crippen LogP contribution < -0.4 is 0 Å². The minimum Gasteiger partial charge on any atom is -0.298 e. The van der Waals surface area contributed by atoms with Gasteiger partial charge in [0.05, 0.1) is 0 Å². The third-order valence-electron chi connectivity index (χ3n) is 4.05. The van der Waals surface area contributed by atoms with Crippen LogP contribution in [0.15, 0.2) is 12.5 Å². The molecule has 6 nitrogen and oxygen atoms in total. The van der Waals surface area contributed by atoms with E-state index in [1.54, 1.807) is 6.92 Å². The van der Waals surface area contributed by atoms with Gasteiger partial charge in [0.15, 0.2) is 0 Å². The van der Waals surface area contributed by atoms with E-state index in [1.807, 2.05) is 0 Å². The third-order valence-corrected chi connectivity index (χ3v) is 4.05.